The van der Waals surface area contributed by atoms with E-state index in [4.69, 9.17) is 44.6 Å². The molecule has 0 bridgehead atoms. The number of rotatable bonds is 4. The van der Waals surface area contributed by atoms with Crippen LogP contribution in [0.3, 0.4) is 0 Å². The number of carbonyl (C=O) groups is 1. The maximum Gasteiger partial charge on any atom is 0.286 e. The maximum atomic E-state index is 13.3. The van der Waals surface area contributed by atoms with Crippen molar-refractivity contribution in [3.8, 4) is 5.69 Å². The van der Waals surface area contributed by atoms with E-state index >= 15 is 0 Å². The minimum atomic E-state index is -0.249. The van der Waals surface area contributed by atoms with Crippen LogP contribution in [0.25, 0.3) is 17.3 Å². The molecular formula is C23H21Cl3N4O2S. The fraction of sp³-hybridized carbons (Fsp3) is 0.304. The number of hydrazine groups is 1. The zero-order valence-electron chi connectivity index (χ0n) is 17.6. The van der Waals surface area contributed by atoms with Crippen LogP contribution in [0, 0.1) is 0 Å². The lowest BCUT2D eigenvalue weighted by Crippen LogP contribution is -2.45. The molecular weight excluding hydrogens is 503 g/mol. The van der Waals surface area contributed by atoms with Gasteiger partial charge in [0.2, 0.25) is 0 Å². The molecule has 0 spiro atoms. The van der Waals surface area contributed by atoms with Gasteiger partial charge in [0.05, 0.1) is 34.0 Å². The number of nitrogens with one attached hydrogen (secondary N) is 1. The minimum absolute atomic E-state index is 0.249. The highest BCUT2D eigenvalue weighted by Gasteiger charge is 2.30. The van der Waals surface area contributed by atoms with Crippen LogP contribution in [0.4, 0.5) is 0 Å². The summed E-state index contributed by atoms with van der Waals surface area (Å²) in [5, 5.41) is 7.65. The summed E-state index contributed by atoms with van der Waals surface area (Å²) in [5.41, 5.74) is 6.42. The Morgan fingerprint density at radius 1 is 1.09 bits per heavy atom. The summed E-state index contributed by atoms with van der Waals surface area (Å²) < 4.78 is 8.30. The normalized spacial score (nSPS) is 17.8. The molecule has 10 heteroatoms. The van der Waals surface area contributed by atoms with Crippen LogP contribution in [0.5, 0.6) is 0 Å². The SMILES string of the molecule is O=C(NN1CCCCC1)c1nn(-c2ccc(Cl)cc2Cl)c2c1COCC2=Cc1ccc(Cl)s1. The van der Waals surface area contributed by atoms with Gasteiger partial charge in [-0.1, -0.05) is 41.2 Å². The van der Waals surface area contributed by atoms with E-state index in [0.717, 1.165) is 47.6 Å². The Morgan fingerprint density at radius 3 is 2.64 bits per heavy atom. The van der Waals surface area contributed by atoms with E-state index in [2.05, 4.69) is 5.43 Å². The van der Waals surface area contributed by atoms with Gasteiger partial charge >= 0.3 is 0 Å². The summed E-state index contributed by atoms with van der Waals surface area (Å²) in [6, 6.07) is 9.04. The molecule has 6 nitrogen and oxygen atoms in total. The van der Waals surface area contributed by atoms with Crippen LogP contribution in [0.2, 0.25) is 14.4 Å². The topological polar surface area (TPSA) is 59.4 Å². The molecule has 2 aliphatic rings. The lowest BCUT2D eigenvalue weighted by Gasteiger charge is -2.26. The van der Waals surface area contributed by atoms with Crippen LogP contribution >= 0.6 is 46.1 Å². The van der Waals surface area contributed by atoms with Crippen molar-refractivity contribution in [2.75, 3.05) is 19.7 Å². The molecule has 2 aromatic heterocycles. The van der Waals surface area contributed by atoms with Crippen molar-refractivity contribution in [2.24, 2.45) is 0 Å². The highest BCUT2D eigenvalue weighted by Crippen LogP contribution is 2.36. The van der Waals surface area contributed by atoms with E-state index in [-0.39, 0.29) is 12.5 Å². The Kier molecular flexibility index (Phi) is 6.79. The molecule has 0 aliphatic carbocycles. The molecule has 3 aromatic rings. The van der Waals surface area contributed by atoms with Crippen molar-refractivity contribution >= 4 is 63.7 Å². The van der Waals surface area contributed by atoms with Gasteiger partial charge in [-0.2, -0.15) is 5.10 Å². The predicted octanol–water partition coefficient (Wildman–Crippen LogP) is 6.10. The van der Waals surface area contributed by atoms with Crippen LogP contribution in [0.15, 0.2) is 30.3 Å². The van der Waals surface area contributed by atoms with E-state index < -0.39 is 0 Å². The zero-order chi connectivity index (χ0) is 22.9. The maximum absolute atomic E-state index is 13.3. The Morgan fingerprint density at radius 2 is 1.91 bits per heavy atom. The standard InChI is InChI=1S/C23H21Cl3N4O2S/c24-15-4-6-19(18(25)11-15)30-22-14(10-16-5-7-20(26)33-16)12-32-13-17(22)21(27-30)23(31)28-29-8-2-1-3-9-29/h4-7,10-11H,1-3,8-9,12-13H2,(H,28,31). The molecule has 0 unspecified atom stereocenters. The second-order valence-corrected chi connectivity index (χ2v) is 10.6. The smallest absolute Gasteiger partial charge is 0.286 e. The molecule has 2 aliphatic heterocycles. The van der Waals surface area contributed by atoms with Gasteiger partial charge in [-0.05, 0) is 49.2 Å². The van der Waals surface area contributed by atoms with E-state index in [1.807, 2.05) is 23.2 Å². The van der Waals surface area contributed by atoms with Gasteiger partial charge in [0.15, 0.2) is 5.69 Å². The van der Waals surface area contributed by atoms with Crippen molar-refractivity contribution in [1.82, 2.24) is 20.2 Å². The highest BCUT2D eigenvalue weighted by molar-refractivity contribution is 7.17. The number of piperidine rings is 1. The first kappa shape index (κ1) is 22.9. The van der Waals surface area contributed by atoms with Crippen LogP contribution in [-0.2, 0) is 11.3 Å². The molecule has 1 aromatic carbocycles. The van der Waals surface area contributed by atoms with Crippen LogP contribution in [0.1, 0.15) is 45.9 Å². The molecule has 33 heavy (non-hydrogen) atoms. The molecule has 1 saturated heterocycles. The number of thiophene rings is 1. The Balaban J connectivity index is 1.61. The molecule has 1 fully saturated rings. The summed E-state index contributed by atoms with van der Waals surface area (Å²) in [6.45, 7) is 2.33. The lowest BCUT2D eigenvalue weighted by atomic mass is 10.0. The van der Waals surface area contributed by atoms with Gasteiger partial charge in [0.25, 0.3) is 5.91 Å². The lowest BCUT2D eigenvalue weighted by molar-refractivity contribution is 0.0738. The average molecular weight is 524 g/mol. The van der Waals surface area contributed by atoms with E-state index in [1.54, 1.807) is 22.9 Å². The first-order valence-electron chi connectivity index (χ1n) is 10.7. The summed E-state index contributed by atoms with van der Waals surface area (Å²) in [7, 11) is 0. The first-order chi connectivity index (χ1) is 16.0. The van der Waals surface area contributed by atoms with E-state index in [9.17, 15) is 4.79 Å². The van der Waals surface area contributed by atoms with Gasteiger partial charge in [-0.25, -0.2) is 9.69 Å². The number of ether oxygens (including phenoxy) is 1. The number of amides is 1. The van der Waals surface area contributed by atoms with Crippen molar-refractivity contribution in [3.63, 3.8) is 0 Å². The minimum Gasteiger partial charge on any atom is -0.372 e. The number of aromatic nitrogens is 2. The Bertz CT molecular complexity index is 1230. The van der Waals surface area contributed by atoms with Gasteiger partial charge in [-0.15, -0.1) is 11.3 Å². The number of hydrogen-bond donors (Lipinski definition) is 1. The van der Waals surface area contributed by atoms with Gasteiger partial charge in [-0.3, -0.25) is 10.2 Å². The van der Waals surface area contributed by atoms with Crippen molar-refractivity contribution in [3.05, 3.63) is 66.5 Å². The highest BCUT2D eigenvalue weighted by atomic mass is 35.5. The molecule has 172 valence electrons. The van der Waals surface area contributed by atoms with E-state index in [1.165, 1.54) is 17.8 Å². The summed E-state index contributed by atoms with van der Waals surface area (Å²) >= 11 is 20.3. The number of halogens is 3. The first-order valence-corrected chi connectivity index (χ1v) is 12.6. The van der Waals surface area contributed by atoms with Crippen molar-refractivity contribution < 1.29 is 9.53 Å². The molecule has 1 amide bonds. The number of carbonyl (C=O) groups excluding carboxylic acids is 1. The quantitative estimate of drug-likeness (QED) is 0.449. The van der Waals surface area contributed by atoms with Crippen LogP contribution in [-0.4, -0.2) is 40.4 Å². The third-order valence-corrected chi connectivity index (χ3v) is 7.39. The second kappa shape index (κ2) is 9.78. The largest absolute Gasteiger partial charge is 0.372 e. The third-order valence-electron chi connectivity index (χ3n) is 5.67. The summed E-state index contributed by atoms with van der Waals surface area (Å²) in [6.07, 6.45) is 5.32. The number of fused-ring (bicyclic) bond motifs is 1. The molecule has 0 saturated carbocycles. The predicted molar refractivity (Wildman–Crippen MR) is 133 cm³/mol. The molecule has 0 radical (unpaired) electrons. The number of hydrogen-bond acceptors (Lipinski definition) is 5. The molecule has 0 atom stereocenters. The average Bonchev–Trinajstić information content (AvgIpc) is 3.38. The fourth-order valence-electron chi connectivity index (χ4n) is 4.15. The number of benzene rings is 1. The van der Waals surface area contributed by atoms with Crippen molar-refractivity contribution in [1.29, 1.82) is 0 Å². The zero-order valence-corrected chi connectivity index (χ0v) is 20.7. The summed E-state index contributed by atoms with van der Waals surface area (Å²) in [4.78, 5) is 14.3. The Labute approximate surface area is 210 Å². The van der Waals surface area contributed by atoms with Gasteiger partial charge in [0.1, 0.15) is 0 Å². The monoisotopic (exact) mass is 522 g/mol. The number of nitrogens with zero attached hydrogens (tertiary/aromatic N) is 3. The molecule has 4 heterocycles. The molecule has 1 N–H and O–H groups in total. The second-order valence-electron chi connectivity index (χ2n) is 7.98. The third kappa shape index (κ3) is 4.85. The van der Waals surface area contributed by atoms with Crippen LogP contribution < -0.4 is 5.43 Å². The van der Waals surface area contributed by atoms with E-state index in [0.29, 0.717) is 32.4 Å². The van der Waals surface area contributed by atoms with Gasteiger partial charge in [0, 0.05) is 34.1 Å². The van der Waals surface area contributed by atoms with Crippen molar-refractivity contribution in [2.45, 2.75) is 25.9 Å². The molecule has 5 rings (SSSR count). The fourth-order valence-corrected chi connectivity index (χ4v) is 5.67. The summed E-state index contributed by atoms with van der Waals surface area (Å²) in [5.74, 6) is -0.249. The van der Waals surface area contributed by atoms with Gasteiger partial charge < -0.3 is 4.74 Å². The Hall–Kier alpha value is -1.87.